The van der Waals surface area contributed by atoms with E-state index in [-0.39, 0.29) is 29.7 Å². The second-order valence-electron chi connectivity index (χ2n) is 5.95. The summed E-state index contributed by atoms with van der Waals surface area (Å²) in [7, 11) is 0. The molecule has 0 spiro atoms. The second-order valence-corrected chi connectivity index (χ2v) is 5.95. The fourth-order valence-electron chi connectivity index (χ4n) is 2.31. The van der Waals surface area contributed by atoms with Gasteiger partial charge in [0.25, 0.3) is 11.6 Å². The summed E-state index contributed by atoms with van der Waals surface area (Å²) in [5, 5.41) is 13.5. The van der Waals surface area contributed by atoms with Gasteiger partial charge in [-0.15, -0.1) is 0 Å². The summed E-state index contributed by atoms with van der Waals surface area (Å²) in [6.45, 7) is 4.49. The van der Waals surface area contributed by atoms with Crippen molar-refractivity contribution in [1.29, 1.82) is 0 Å². The van der Waals surface area contributed by atoms with Gasteiger partial charge in [-0.25, -0.2) is 0 Å². The monoisotopic (exact) mass is 327 g/mol. The Morgan fingerprint density at radius 2 is 1.79 bits per heavy atom. The van der Waals surface area contributed by atoms with Gasteiger partial charge in [-0.3, -0.25) is 14.9 Å². The number of nitrogens with one attached hydrogen (secondary N) is 1. The van der Waals surface area contributed by atoms with Gasteiger partial charge in [0.15, 0.2) is 0 Å². The van der Waals surface area contributed by atoms with Crippen molar-refractivity contribution in [2.24, 2.45) is 5.73 Å². The fraction of sp³-hybridized carbons (Fsp3) is 0.278. The zero-order valence-electron chi connectivity index (χ0n) is 13.7. The Hall–Kier alpha value is -2.73. The van der Waals surface area contributed by atoms with Gasteiger partial charge in [0.2, 0.25) is 0 Å². The van der Waals surface area contributed by atoms with Crippen molar-refractivity contribution in [3.63, 3.8) is 0 Å². The van der Waals surface area contributed by atoms with Gasteiger partial charge >= 0.3 is 0 Å². The molecule has 0 aliphatic carbocycles. The molecular weight excluding hydrogens is 306 g/mol. The lowest BCUT2D eigenvalue weighted by Gasteiger charge is -2.14. The van der Waals surface area contributed by atoms with Gasteiger partial charge in [0.05, 0.1) is 4.92 Å². The van der Waals surface area contributed by atoms with Crippen LogP contribution in [0.15, 0.2) is 48.5 Å². The normalized spacial score (nSPS) is 12.0. The minimum atomic E-state index is -0.529. The first-order chi connectivity index (χ1) is 11.4. The van der Waals surface area contributed by atoms with E-state index in [0.29, 0.717) is 5.92 Å². The van der Waals surface area contributed by atoms with Crippen LogP contribution in [0.5, 0.6) is 0 Å². The molecule has 0 aliphatic heterocycles. The van der Waals surface area contributed by atoms with Crippen molar-refractivity contribution in [3.05, 3.63) is 75.3 Å². The van der Waals surface area contributed by atoms with E-state index in [4.69, 9.17) is 5.73 Å². The zero-order chi connectivity index (χ0) is 17.7. The highest BCUT2D eigenvalue weighted by atomic mass is 16.6. The molecule has 2 aromatic carbocycles. The van der Waals surface area contributed by atoms with Gasteiger partial charge in [0, 0.05) is 30.3 Å². The van der Waals surface area contributed by atoms with Crippen LogP contribution in [0.2, 0.25) is 0 Å². The molecule has 2 rings (SSSR count). The molecule has 1 amide bonds. The van der Waals surface area contributed by atoms with Crippen molar-refractivity contribution in [3.8, 4) is 0 Å². The van der Waals surface area contributed by atoms with Gasteiger partial charge in [-0.05, 0) is 23.1 Å². The van der Waals surface area contributed by atoms with E-state index in [2.05, 4.69) is 19.2 Å². The van der Waals surface area contributed by atoms with Gasteiger partial charge < -0.3 is 11.1 Å². The van der Waals surface area contributed by atoms with E-state index < -0.39 is 4.92 Å². The molecule has 1 atom stereocenters. The molecule has 1 unspecified atom stereocenters. The van der Waals surface area contributed by atoms with E-state index >= 15 is 0 Å². The van der Waals surface area contributed by atoms with E-state index in [1.165, 1.54) is 29.8 Å². The Morgan fingerprint density at radius 1 is 1.17 bits per heavy atom. The van der Waals surface area contributed by atoms with Gasteiger partial charge in [-0.1, -0.05) is 44.2 Å². The van der Waals surface area contributed by atoms with E-state index in [1.807, 2.05) is 24.3 Å². The minimum absolute atomic E-state index is 0.115. The van der Waals surface area contributed by atoms with Crippen LogP contribution < -0.4 is 11.1 Å². The molecule has 24 heavy (non-hydrogen) atoms. The number of amides is 1. The molecule has 0 aromatic heterocycles. The lowest BCUT2D eigenvalue weighted by Crippen LogP contribution is -2.31. The van der Waals surface area contributed by atoms with Crippen LogP contribution in [0.1, 0.15) is 47.3 Å². The third kappa shape index (κ3) is 4.39. The number of hydrogen-bond acceptors (Lipinski definition) is 4. The molecule has 0 aliphatic rings. The number of carbonyl (C=O) groups excluding carboxylic acids is 1. The summed E-state index contributed by atoms with van der Waals surface area (Å²) in [4.78, 5) is 22.3. The summed E-state index contributed by atoms with van der Waals surface area (Å²) in [5.74, 6) is 0.0665. The number of nitrogens with zero attached hydrogens (tertiary/aromatic N) is 1. The first kappa shape index (κ1) is 17.6. The molecule has 0 bridgehead atoms. The van der Waals surface area contributed by atoms with E-state index in [1.54, 1.807) is 0 Å². The van der Waals surface area contributed by atoms with Crippen LogP contribution >= 0.6 is 0 Å². The van der Waals surface area contributed by atoms with Gasteiger partial charge in [0.1, 0.15) is 0 Å². The summed E-state index contributed by atoms with van der Waals surface area (Å²) in [6, 6.07) is 13.2. The number of nitrogens with two attached hydrogens (primary N) is 1. The van der Waals surface area contributed by atoms with Crippen molar-refractivity contribution in [2.45, 2.75) is 25.8 Å². The minimum Gasteiger partial charge on any atom is -0.350 e. The molecule has 0 saturated carbocycles. The Bertz CT molecular complexity index is 727. The molecule has 6 nitrogen and oxygen atoms in total. The second kappa shape index (κ2) is 7.70. The standard InChI is InChI=1S/C18H21N3O3/c1-12(2)13-6-8-14(9-7-13)17(19)11-20-18(22)15-4-3-5-16(10-15)21(23)24/h3-10,12,17H,11,19H2,1-2H3,(H,20,22). The van der Waals surface area contributed by atoms with E-state index in [0.717, 1.165) is 5.56 Å². The lowest BCUT2D eigenvalue weighted by atomic mass is 9.99. The Morgan fingerprint density at radius 3 is 2.38 bits per heavy atom. The van der Waals surface area contributed by atoms with Crippen LogP contribution in [0.3, 0.4) is 0 Å². The first-order valence-corrected chi connectivity index (χ1v) is 7.76. The maximum Gasteiger partial charge on any atom is 0.270 e. The molecule has 6 heteroatoms. The van der Waals surface area contributed by atoms with Crippen LogP contribution in [-0.2, 0) is 0 Å². The number of carbonyl (C=O) groups is 1. The Kier molecular flexibility index (Phi) is 5.65. The zero-order valence-corrected chi connectivity index (χ0v) is 13.7. The summed E-state index contributed by atoms with van der Waals surface area (Å²) in [6.07, 6.45) is 0. The molecule has 2 aromatic rings. The van der Waals surface area contributed by atoms with Crippen molar-refractivity contribution in [2.75, 3.05) is 6.54 Å². The summed E-state index contributed by atoms with van der Waals surface area (Å²) < 4.78 is 0. The maximum atomic E-state index is 12.1. The van der Waals surface area contributed by atoms with Gasteiger partial charge in [-0.2, -0.15) is 0 Å². The van der Waals surface area contributed by atoms with Crippen LogP contribution in [0.25, 0.3) is 0 Å². The Balaban J connectivity index is 1.98. The quantitative estimate of drug-likeness (QED) is 0.629. The topological polar surface area (TPSA) is 98.3 Å². The number of benzene rings is 2. The number of non-ortho nitro benzene ring substituents is 1. The molecule has 0 fully saturated rings. The number of hydrogen-bond donors (Lipinski definition) is 2. The fourth-order valence-corrected chi connectivity index (χ4v) is 2.31. The largest absolute Gasteiger partial charge is 0.350 e. The van der Waals surface area contributed by atoms with Crippen LogP contribution in [0.4, 0.5) is 5.69 Å². The molecular formula is C18H21N3O3. The molecule has 0 heterocycles. The highest BCUT2D eigenvalue weighted by Gasteiger charge is 2.13. The molecule has 0 radical (unpaired) electrons. The number of nitro groups is 1. The predicted octanol–water partition coefficient (Wildman–Crippen LogP) is 3.15. The summed E-state index contributed by atoms with van der Waals surface area (Å²) >= 11 is 0. The SMILES string of the molecule is CC(C)c1ccc(C(N)CNC(=O)c2cccc([N+](=O)[O-])c2)cc1. The first-order valence-electron chi connectivity index (χ1n) is 7.76. The third-order valence-corrected chi connectivity index (χ3v) is 3.83. The van der Waals surface area contributed by atoms with E-state index in [9.17, 15) is 14.9 Å². The van der Waals surface area contributed by atoms with Crippen molar-refractivity contribution >= 4 is 11.6 Å². The average molecular weight is 327 g/mol. The lowest BCUT2D eigenvalue weighted by molar-refractivity contribution is -0.384. The average Bonchev–Trinajstić information content (AvgIpc) is 2.59. The summed E-state index contributed by atoms with van der Waals surface area (Å²) in [5.41, 5.74) is 8.39. The number of rotatable bonds is 6. The number of nitro benzene ring substituents is 1. The third-order valence-electron chi connectivity index (χ3n) is 3.83. The Labute approximate surface area is 140 Å². The smallest absolute Gasteiger partial charge is 0.270 e. The van der Waals surface area contributed by atoms with Crippen LogP contribution in [-0.4, -0.2) is 17.4 Å². The van der Waals surface area contributed by atoms with Crippen molar-refractivity contribution < 1.29 is 9.72 Å². The maximum absolute atomic E-state index is 12.1. The highest BCUT2D eigenvalue weighted by molar-refractivity contribution is 5.94. The highest BCUT2D eigenvalue weighted by Crippen LogP contribution is 2.18. The molecule has 126 valence electrons. The predicted molar refractivity (Wildman–Crippen MR) is 92.9 cm³/mol. The van der Waals surface area contributed by atoms with Crippen molar-refractivity contribution in [1.82, 2.24) is 5.32 Å². The van der Waals surface area contributed by atoms with Crippen LogP contribution in [0, 0.1) is 10.1 Å². The molecule has 3 N–H and O–H groups in total. The molecule has 0 saturated heterocycles.